The Labute approximate surface area is 106 Å². The van der Waals surface area contributed by atoms with Crippen LogP contribution in [0.3, 0.4) is 0 Å². The molecule has 0 bridgehead atoms. The maximum atomic E-state index is 12.4. The third-order valence-corrected chi connectivity index (χ3v) is 4.80. The summed E-state index contributed by atoms with van der Waals surface area (Å²) in [4.78, 5) is 15.6. The lowest BCUT2D eigenvalue weighted by molar-refractivity contribution is -0.126. The van der Waals surface area contributed by atoms with Crippen LogP contribution in [0.2, 0.25) is 0 Å². The number of nitrogens with one attached hydrogen (secondary N) is 1. The maximum Gasteiger partial charge on any atom is 0.245 e. The van der Waals surface area contributed by atoms with E-state index < -0.39 is 16.1 Å². The molecule has 1 saturated heterocycles. The summed E-state index contributed by atoms with van der Waals surface area (Å²) in [5.74, 6) is -0.240. The van der Waals surface area contributed by atoms with Gasteiger partial charge in [-0.1, -0.05) is 6.92 Å². The number of amides is 1. The Balaban J connectivity index is 2.37. The quantitative estimate of drug-likeness (QED) is 0.836. The van der Waals surface area contributed by atoms with Gasteiger partial charge in [-0.05, 0) is 18.6 Å². The van der Waals surface area contributed by atoms with E-state index >= 15 is 0 Å². The molecular weight excluding hydrogens is 254 g/mol. The van der Waals surface area contributed by atoms with Crippen LogP contribution in [0.25, 0.3) is 0 Å². The standard InChI is InChI=1S/C11H15N3O3S/c1-2-10-11(15)13-6-7-14(10)18(16,17)9-4-3-5-12-8-9/h3-5,8,10H,2,6-7H2,1H3,(H,13,15). The smallest absolute Gasteiger partial charge is 0.245 e. The van der Waals surface area contributed by atoms with E-state index in [0.717, 1.165) is 0 Å². The molecule has 6 nitrogen and oxygen atoms in total. The first-order chi connectivity index (χ1) is 8.57. The highest BCUT2D eigenvalue weighted by Gasteiger charge is 2.37. The van der Waals surface area contributed by atoms with Crippen LogP contribution in [0.15, 0.2) is 29.4 Å². The molecule has 18 heavy (non-hydrogen) atoms. The molecule has 0 spiro atoms. The molecular formula is C11H15N3O3S. The molecule has 2 rings (SSSR count). The number of hydrogen-bond donors (Lipinski definition) is 1. The van der Waals surface area contributed by atoms with Crippen LogP contribution in [0.5, 0.6) is 0 Å². The summed E-state index contributed by atoms with van der Waals surface area (Å²) in [6, 6.07) is 2.42. The van der Waals surface area contributed by atoms with E-state index in [-0.39, 0.29) is 10.8 Å². The van der Waals surface area contributed by atoms with Gasteiger partial charge in [0.2, 0.25) is 15.9 Å². The van der Waals surface area contributed by atoms with Gasteiger partial charge in [-0.3, -0.25) is 9.78 Å². The Bertz CT molecular complexity index is 530. The van der Waals surface area contributed by atoms with Crippen molar-refractivity contribution in [1.82, 2.24) is 14.6 Å². The minimum Gasteiger partial charge on any atom is -0.353 e. The number of aromatic nitrogens is 1. The minimum absolute atomic E-state index is 0.123. The summed E-state index contributed by atoms with van der Waals surface area (Å²) in [6.45, 7) is 2.43. The summed E-state index contributed by atoms with van der Waals surface area (Å²) < 4.78 is 26.1. The number of hydrogen-bond acceptors (Lipinski definition) is 4. The summed E-state index contributed by atoms with van der Waals surface area (Å²) in [5.41, 5.74) is 0. The van der Waals surface area contributed by atoms with E-state index in [1.807, 2.05) is 0 Å². The highest BCUT2D eigenvalue weighted by atomic mass is 32.2. The second-order valence-electron chi connectivity index (χ2n) is 4.02. The van der Waals surface area contributed by atoms with Crippen LogP contribution in [-0.2, 0) is 14.8 Å². The second-order valence-corrected chi connectivity index (χ2v) is 5.91. The third-order valence-electron chi connectivity index (χ3n) is 2.91. The average molecular weight is 269 g/mol. The highest BCUT2D eigenvalue weighted by Crippen LogP contribution is 2.20. The molecule has 0 aromatic carbocycles. The topological polar surface area (TPSA) is 79.4 Å². The summed E-state index contributed by atoms with van der Waals surface area (Å²) in [6.07, 6.45) is 3.26. The molecule has 2 heterocycles. The van der Waals surface area contributed by atoms with Crippen molar-refractivity contribution in [2.45, 2.75) is 24.3 Å². The van der Waals surface area contributed by atoms with Gasteiger partial charge in [0.15, 0.2) is 0 Å². The summed E-state index contributed by atoms with van der Waals surface area (Å²) in [5, 5.41) is 2.68. The van der Waals surface area contributed by atoms with Crippen LogP contribution in [0.1, 0.15) is 13.3 Å². The second kappa shape index (κ2) is 5.03. The van der Waals surface area contributed by atoms with Gasteiger partial charge >= 0.3 is 0 Å². The Hall–Kier alpha value is -1.47. The number of piperazine rings is 1. The van der Waals surface area contributed by atoms with Crippen molar-refractivity contribution in [1.29, 1.82) is 0 Å². The van der Waals surface area contributed by atoms with E-state index in [1.54, 1.807) is 13.0 Å². The van der Waals surface area contributed by atoms with E-state index in [9.17, 15) is 13.2 Å². The highest BCUT2D eigenvalue weighted by molar-refractivity contribution is 7.89. The lowest BCUT2D eigenvalue weighted by Crippen LogP contribution is -2.56. The van der Waals surface area contributed by atoms with Gasteiger partial charge in [0, 0.05) is 25.5 Å². The first kappa shape index (κ1) is 13.0. The fraction of sp³-hybridized carbons (Fsp3) is 0.455. The minimum atomic E-state index is -3.65. The fourth-order valence-electron chi connectivity index (χ4n) is 2.01. The van der Waals surface area contributed by atoms with Crippen molar-refractivity contribution < 1.29 is 13.2 Å². The fourth-order valence-corrected chi connectivity index (χ4v) is 3.63. The van der Waals surface area contributed by atoms with Crippen molar-refractivity contribution in [2.24, 2.45) is 0 Å². The monoisotopic (exact) mass is 269 g/mol. The number of carbonyl (C=O) groups is 1. The number of rotatable bonds is 3. The van der Waals surface area contributed by atoms with Crippen molar-refractivity contribution in [3.63, 3.8) is 0 Å². The number of nitrogens with zero attached hydrogens (tertiary/aromatic N) is 2. The Kier molecular flexibility index (Phi) is 3.63. The van der Waals surface area contributed by atoms with E-state index in [4.69, 9.17) is 0 Å². The zero-order valence-electron chi connectivity index (χ0n) is 10.0. The number of carbonyl (C=O) groups excluding carboxylic acids is 1. The predicted octanol–water partition coefficient (Wildman–Crippen LogP) is -0.0193. The molecule has 7 heteroatoms. The molecule has 1 aromatic rings. The zero-order chi connectivity index (χ0) is 13.2. The molecule has 1 N–H and O–H groups in total. The van der Waals surface area contributed by atoms with Gasteiger partial charge in [0.25, 0.3) is 0 Å². The van der Waals surface area contributed by atoms with Gasteiger partial charge in [-0.15, -0.1) is 0 Å². The van der Waals surface area contributed by atoms with Crippen LogP contribution >= 0.6 is 0 Å². The van der Waals surface area contributed by atoms with E-state index in [1.165, 1.54) is 22.8 Å². The van der Waals surface area contributed by atoms with Gasteiger partial charge in [-0.2, -0.15) is 4.31 Å². The summed E-state index contributed by atoms with van der Waals surface area (Å²) in [7, 11) is -3.65. The molecule has 1 amide bonds. The first-order valence-electron chi connectivity index (χ1n) is 5.77. The van der Waals surface area contributed by atoms with Crippen molar-refractivity contribution in [2.75, 3.05) is 13.1 Å². The average Bonchev–Trinajstić information content (AvgIpc) is 2.39. The molecule has 1 atom stereocenters. The van der Waals surface area contributed by atoms with E-state index in [2.05, 4.69) is 10.3 Å². The predicted molar refractivity (Wildman–Crippen MR) is 65.2 cm³/mol. The molecule has 0 aliphatic carbocycles. The normalized spacial score (nSPS) is 21.6. The molecule has 0 radical (unpaired) electrons. The van der Waals surface area contributed by atoms with Crippen molar-refractivity contribution >= 4 is 15.9 Å². The third kappa shape index (κ3) is 2.23. The molecule has 0 saturated carbocycles. The molecule has 98 valence electrons. The van der Waals surface area contributed by atoms with Gasteiger partial charge < -0.3 is 5.32 Å². The van der Waals surface area contributed by atoms with Crippen LogP contribution in [-0.4, -0.2) is 42.7 Å². The van der Waals surface area contributed by atoms with Gasteiger partial charge in [-0.25, -0.2) is 8.42 Å². The van der Waals surface area contributed by atoms with Crippen LogP contribution in [0.4, 0.5) is 0 Å². The summed E-state index contributed by atoms with van der Waals surface area (Å²) >= 11 is 0. The van der Waals surface area contributed by atoms with Crippen molar-refractivity contribution in [3.8, 4) is 0 Å². The lowest BCUT2D eigenvalue weighted by Gasteiger charge is -2.33. The lowest BCUT2D eigenvalue weighted by atomic mass is 10.2. The van der Waals surface area contributed by atoms with Gasteiger partial charge in [0.1, 0.15) is 10.9 Å². The zero-order valence-corrected chi connectivity index (χ0v) is 10.9. The molecule has 1 aliphatic heterocycles. The number of pyridine rings is 1. The van der Waals surface area contributed by atoms with Crippen molar-refractivity contribution in [3.05, 3.63) is 24.5 Å². The van der Waals surface area contributed by atoms with Gasteiger partial charge in [0.05, 0.1) is 0 Å². The Morgan fingerprint density at radius 2 is 2.33 bits per heavy atom. The first-order valence-corrected chi connectivity index (χ1v) is 7.21. The van der Waals surface area contributed by atoms with Crippen LogP contribution < -0.4 is 5.32 Å². The van der Waals surface area contributed by atoms with E-state index in [0.29, 0.717) is 19.5 Å². The molecule has 1 unspecified atom stereocenters. The molecule has 1 aliphatic rings. The Morgan fingerprint density at radius 3 is 2.94 bits per heavy atom. The van der Waals surface area contributed by atoms with Crippen LogP contribution in [0, 0.1) is 0 Å². The SMILES string of the molecule is CCC1C(=O)NCCN1S(=O)(=O)c1cccnc1. The molecule has 1 fully saturated rings. The maximum absolute atomic E-state index is 12.4. The molecule has 1 aromatic heterocycles. The number of sulfonamides is 1. The largest absolute Gasteiger partial charge is 0.353 e. The Morgan fingerprint density at radius 1 is 1.56 bits per heavy atom.